The van der Waals surface area contributed by atoms with Gasteiger partial charge in [0.2, 0.25) is 0 Å². The van der Waals surface area contributed by atoms with E-state index < -0.39 is 0 Å². The maximum Gasteiger partial charge on any atom is 0.0613 e. The highest BCUT2D eigenvalue weighted by Crippen LogP contribution is 2.33. The molecule has 0 amide bonds. The molecule has 2 rings (SSSR count). The molecule has 2 atom stereocenters. The van der Waals surface area contributed by atoms with Gasteiger partial charge in [-0.2, -0.15) is 0 Å². The standard InChI is InChI=1S/C16H32N2O/c1-3-10-17-16(13-19)9-5-8-15(11-16)18(2)12-14-6-4-7-14/h14-15,17,19H,3-13H2,1-2H3. The van der Waals surface area contributed by atoms with E-state index in [2.05, 4.69) is 24.2 Å². The number of hydrogen-bond donors (Lipinski definition) is 2. The van der Waals surface area contributed by atoms with Crippen molar-refractivity contribution in [1.82, 2.24) is 10.2 Å². The normalized spacial score (nSPS) is 32.5. The second kappa shape index (κ2) is 7.05. The van der Waals surface area contributed by atoms with Crippen LogP contribution in [-0.2, 0) is 0 Å². The van der Waals surface area contributed by atoms with E-state index in [0.717, 1.165) is 31.7 Å². The van der Waals surface area contributed by atoms with E-state index in [0.29, 0.717) is 12.6 Å². The van der Waals surface area contributed by atoms with E-state index >= 15 is 0 Å². The zero-order valence-corrected chi connectivity index (χ0v) is 12.8. The molecule has 3 nitrogen and oxygen atoms in total. The molecule has 2 N–H and O–H groups in total. The van der Waals surface area contributed by atoms with Crippen LogP contribution in [-0.4, -0.2) is 48.3 Å². The molecular formula is C16H32N2O. The Balaban J connectivity index is 1.86. The van der Waals surface area contributed by atoms with Gasteiger partial charge in [-0.3, -0.25) is 0 Å². The Kier molecular flexibility index (Phi) is 5.67. The molecule has 0 aromatic carbocycles. The van der Waals surface area contributed by atoms with E-state index in [9.17, 15) is 5.11 Å². The van der Waals surface area contributed by atoms with Gasteiger partial charge < -0.3 is 15.3 Å². The third-order valence-corrected chi connectivity index (χ3v) is 5.27. The second-order valence-electron chi connectivity index (χ2n) is 6.85. The van der Waals surface area contributed by atoms with Crippen LogP contribution in [0.15, 0.2) is 0 Å². The molecule has 0 aromatic rings. The van der Waals surface area contributed by atoms with Gasteiger partial charge in [0, 0.05) is 18.1 Å². The number of aliphatic hydroxyl groups excluding tert-OH is 1. The summed E-state index contributed by atoms with van der Waals surface area (Å²) in [7, 11) is 2.29. The molecule has 2 saturated carbocycles. The smallest absolute Gasteiger partial charge is 0.0613 e. The average molecular weight is 268 g/mol. The third-order valence-electron chi connectivity index (χ3n) is 5.27. The van der Waals surface area contributed by atoms with Crippen molar-refractivity contribution >= 4 is 0 Å². The fraction of sp³-hybridized carbons (Fsp3) is 1.00. The summed E-state index contributed by atoms with van der Waals surface area (Å²) in [5.41, 5.74) is -0.00714. The van der Waals surface area contributed by atoms with Gasteiger partial charge in [0.15, 0.2) is 0 Å². The first-order chi connectivity index (χ1) is 9.19. The summed E-state index contributed by atoms with van der Waals surface area (Å²) in [4.78, 5) is 2.57. The summed E-state index contributed by atoms with van der Waals surface area (Å²) >= 11 is 0. The molecule has 0 saturated heterocycles. The number of nitrogens with zero attached hydrogens (tertiary/aromatic N) is 1. The summed E-state index contributed by atoms with van der Waals surface area (Å²) in [6.07, 6.45) is 10.2. The maximum atomic E-state index is 9.83. The summed E-state index contributed by atoms with van der Waals surface area (Å²) in [5.74, 6) is 0.944. The molecule has 0 bridgehead atoms. The van der Waals surface area contributed by atoms with Gasteiger partial charge >= 0.3 is 0 Å². The monoisotopic (exact) mass is 268 g/mol. The van der Waals surface area contributed by atoms with Crippen LogP contribution in [0.1, 0.15) is 58.3 Å². The molecule has 2 aliphatic rings. The molecule has 0 radical (unpaired) electrons. The van der Waals surface area contributed by atoms with Crippen LogP contribution in [0.4, 0.5) is 0 Å². The Morgan fingerprint density at radius 2 is 2.05 bits per heavy atom. The van der Waals surface area contributed by atoms with Crippen molar-refractivity contribution in [2.75, 3.05) is 26.7 Å². The Labute approximate surface area is 118 Å². The highest BCUT2D eigenvalue weighted by atomic mass is 16.3. The first-order valence-electron chi connectivity index (χ1n) is 8.25. The lowest BCUT2D eigenvalue weighted by atomic mass is 9.78. The minimum atomic E-state index is -0.00714. The lowest BCUT2D eigenvalue weighted by molar-refractivity contribution is 0.0574. The van der Waals surface area contributed by atoms with Gasteiger partial charge in [0.25, 0.3) is 0 Å². The molecule has 2 unspecified atom stereocenters. The van der Waals surface area contributed by atoms with Crippen molar-refractivity contribution < 1.29 is 5.11 Å². The van der Waals surface area contributed by atoms with Gasteiger partial charge in [-0.25, -0.2) is 0 Å². The Morgan fingerprint density at radius 3 is 2.63 bits per heavy atom. The van der Waals surface area contributed by atoms with Gasteiger partial charge in [0.05, 0.1) is 6.61 Å². The molecule has 2 fully saturated rings. The van der Waals surface area contributed by atoms with Crippen LogP contribution < -0.4 is 5.32 Å². The summed E-state index contributed by atoms with van der Waals surface area (Å²) in [6.45, 7) is 4.78. The van der Waals surface area contributed by atoms with E-state index in [1.807, 2.05) is 0 Å². The molecule has 0 heterocycles. The number of aliphatic hydroxyl groups is 1. The molecule has 19 heavy (non-hydrogen) atoms. The fourth-order valence-corrected chi connectivity index (χ4v) is 3.69. The SMILES string of the molecule is CCCNC1(CO)CCCC(N(C)CC2CCC2)C1. The van der Waals surface area contributed by atoms with Crippen molar-refractivity contribution in [3.8, 4) is 0 Å². The minimum Gasteiger partial charge on any atom is -0.394 e. The van der Waals surface area contributed by atoms with E-state index in [1.165, 1.54) is 38.6 Å². The van der Waals surface area contributed by atoms with Crippen LogP contribution in [0.2, 0.25) is 0 Å². The van der Waals surface area contributed by atoms with Crippen LogP contribution in [0, 0.1) is 5.92 Å². The molecule has 0 aliphatic heterocycles. The van der Waals surface area contributed by atoms with Crippen LogP contribution in [0.5, 0.6) is 0 Å². The number of hydrogen-bond acceptors (Lipinski definition) is 3. The van der Waals surface area contributed by atoms with Crippen molar-refractivity contribution in [1.29, 1.82) is 0 Å². The predicted molar refractivity (Wildman–Crippen MR) is 80.3 cm³/mol. The lowest BCUT2D eigenvalue weighted by Gasteiger charge is -2.45. The summed E-state index contributed by atoms with van der Waals surface area (Å²) < 4.78 is 0. The lowest BCUT2D eigenvalue weighted by Crippen LogP contribution is -2.56. The summed E-state index contributed by atoms with van der Waals surface area (Å²) in [6, 6.07) is 0.658. The van der Waals surface area contributed by atoms with Gasteiger partial charge in [-0.15, -0.1) is 0 Å². The third kappa shape index (κ3) is 3.93. The fourth-order valence-electron chi connectivity index (χ4n) is 3.69. The van der Waals surface area contributed by atoms with Crippen LogP contribution >= 0.6 is 0 Å². The Bertz CT molecular complexity index is 267. The zero-order valence-electron chi connectivity index (χ0n) is 12.8. The van der Waals surface area contributed by atoms with E-state index in [-0.39, 0.29) is 5.54 Å². The maximum absolute atomic E-state index is 9.83. The highest BCUT2D eigenvalue weighted by molar-refractivity contribution is 4.96. The first-order valence-corrected chi connectivity index (χ1v) is 8.25. The van der Waals surface area contributed by atoms with Crippen molar-refractivity contribution in [3.63, 3.8) is 0 Å². The van der Waals surface area contributed by atoms with Crippen LogP contribution in [0.25, 0.3) is 0 Å². The van der Waals surface area contributed by atoms with Gasteiger partial charge in [-0.05, 0) is 64.5 Å². The average Bonchev–Trinajstić information content (AvgIpc) is 2.40. The number of nitrogens with one attached hydrogen (secondary N) is 1. The molecule has 0 spiro atoms. The van der Waals surface area contributed by atoms with Crippen molar-refractivity contribution in [3.05, 3.63) is 0 Å². The predicted octanol–water partition coefficient (Wildman–Crippen LogP) is 2.39. The largest absolute Gasteiger partial charge is 0.394 e. The molecule has 3 heteroatoms. The topological polar surface area (TPSA) is 35.5 Å². The Morgan fingerprint density at radius 1 is 1.26 bits per heavy atom. The van der Waals surface area contributed by atoms with Gasteiger partial charge in [-0.1, -0.05) is 13.3 Å². The molecular weight excluding hydrogens is 236 g/mol. The first kappa shape index (κ1) is 15.3. The van der Waals surface area contributed by atoms with Crippen molar-refractivity contribution in [2.24, 2.45) is 5.92 Å². The Hall–Kier alpha value is -0.120. The number of rotatable bonds is 7. The minimum absolute atomic E-state index is 0.00714. The van der Waals surface area contributed by atoms with E-state index in [1.54, 1.807) is 0 Å². The highest BCUT2D eigenvalue weighted by Gasteiger charge is 2.37. The quantitative estimate of drug-likeness (QED) is 0.744. The van der Waals surface area contributed by atoms with E-state index in [4.69, 9.17) is 0 Å². The van der Waals surface area contributed by atoms with Crippen LogP contribution in [0.3, 0.4) is 0 Å². The summed E-state index contributed by atoms with van der Waals surface area (Å²) in [5, 5.41) is 13.4. The second-order valence-corrected chi connectivity index (χ2v) is 6.85. The van der Waals surface area contributed by atoms with Gasteiger partial charge in [0.1, 0.15) is 0 Å². The zero-order chi connectivity index (χ0) is 13.7. The molecule has 0 aromatic heterocycles. The van der Waals surface area contributed by atoms with Crippen molar-refractivity contribution in [2.45, 2.75) is 69.9 Å². The molecule has 2 aliphatic carbocycles. The molecule has 112 valence electrons.